The second-order valence-corrected chi connectivity index (χ2v) is 8.42. The average molecular weight is 294 g/mol. The van der Waals surface area contributed by atoms with Crippen molar-refractivity contribution in [1.82, 2.24) is 19.9 Å². The van der Waals surface area contributed by atoms with Gasteiger partial charge in [0.15, 0.2) is 9.84 Å². The molecule has 2 rings (SSSR count). The molecular weight excluding hydrogens is 280 g/mol. The van der Waals surface area contributed by atoms with Crippen molar-refractivity contribution in [2.45, 2.75) is 18.1 Å². The van der Waals surface area contributed by atoms with Crippen LogP contribution >= 0.6 is 0 Å². The molecule has 0 bridgehead atoms. The normalized spacial score (nSPS) is 23.2. The van der Waals surface area contributed by atoms with Gasteiger partial charge >= 0.3 is 0 Å². The molecule has 2 N–H and O–H groups in total. The summed E-state index contributed by atoms with van der Waals surface area (Å²) in [5.74, 6) is 0.238. The van der Waals surface area contributed by atoms with Gasteiger partial charge in [0.05, 0.1) is 16.8 Å². The second kappa shape index (κ2) is 4.94. The van der Waals surface area contributed by atoms with Crippen molar-refractivity contribution in [3.05, 3.63) is 12.2 Å². The number of sulfone groups is 1. The number of rotatable bonds is 5. The average Bonchev–Trinajstić information content (AvgIpc) is 2.87. The lowest BCUT2D eigenvalue weighted by Gasteiger charge is -2.10. The first-order valence-corrected chi connectivity index (χ1v) is 8.79. The molecule has 1 fully saturated rings. The van der Waals surface area contributed by atoms with E-state index in [0.717, 1.165) is 0 Å². The van der Waals surface area contributed by atoms with Crippen molar-refractivity contribution in [3.63, 3.8) is 0 Å². The van der Waals surface area contributed by atoms with Crippen molar-refractivity contribution >= 4 is 19.9 Å². The first-order valence-electron chi connectivity index (χ1n) is 5.42. The van der Waals surface area contributed by atoms with Gasteiger partial charge in [0.25, 0.3) is 0 Å². The third-order valence-corrected chi connectivity index (χ3v) is 6.62. The van der Waals surface area contributed by atoms with Crippen LogP contribution in [0.1, 0.15) is 12.2 Å². The number of hydrogen-bond donors (Lipinski definition) is 2. The van der Waals surface area contributed by atoms with Crippen molar-refractivity contribution in [2.75, 3.05) is 18.1 Å². The van der Waals surface area contributed by atoms with Gasteiger partial charge in [0.2, 0.25) is 10.0 Å². The van der Waals surface area contributed by atoms with Gasteiger partial charge in [-0.2, -0.15) is 5.10 Å². The van der Waals surface area contributed by atoms with Crippen molar-refractivity contribution in [2.24, 2.45) is 0 Å². The molecule has 1 aromatic rings. The Kier molecular flexibility index (Phi) is 3.69. The van der Waals surface area contributed by atoms with Crippen LogP contribution in [0.2, 0.25) is 0 Å². The van der Waals surface area contributed by atoms with Crippen LogP contribution in [0.5, 0.6) is 0 Å². The zero-order chi connectivity index (χ0) is 13.2. The highest BCUT2D eigenvalue weighted by atomic mass is 32.2. The largest absolute Gasteiger partial charge is 0.263 e. The second-order valence-electron chi connectivity index (χ2n) is 4.15. The number of hydrogen-bond acceptors (Lipinski definition) is 6. The molecular formula is C8H14N4O4S2. The lowest BCUT2D eigenvalue weighted by atomic mass is 10.4. The van der Waals surface area contributed by atoms with Gasteiger partial charge in [-0.15, -0.1) is 0 Å². The van der Waals surface area contributed by atoms with Crippen molar-refractivity contribution in [1.29, 1.82) is 0 Å². The number of aromatic amines is 1. The van der Waals surface area contributed by atoms with Crippen molar-refractivity contribution in [3.8, 4) is 0 Å². The molecule has 2 heterocycles. The van der Waals surface area contributed by atoms with E-state index in [0.29, 0.717) is 12.2 Å². The monoisotopic (exact) mass is 294 g/mol. The molecule has 10 heteroatoms. The van der Waals surface area contributed by atoms with Gasteiger partial charge in [-0.3, -0.25) is 5.10 Å². The summed E-state index contributed by atoms with van der Waals surface area (Å²) in [5.41, 5.74) is 0. The smallest absolute Gasteiger partial charge is 0.215 e. The quantitative estimate of drug-likeness (QED) is 0.678. The van der Waals surface area contributed by atoms with Gasteiger partial charge in [-0.05, 0) is 6.42 Å². The molecule has 1 aliphatic heterocycles. The van der Waals surface area contributed by atoms with E-state index in [1.165, 1.54) is 6.33 Å². The lowest BCUT2D eigenvalue weighted by molar-refractivity contribution is 0.567. The number of nitrogens with zero attached hydrogens (tertiary/aromatic N) is 2. The summed E-state index contributed by atoms with van der Waals surface area (Å²) in [7, 11) is -6.77. The minimum absolute atomic E-state index is 0.0549. The summed E-state index contributed by atoms with van der Waals surface area (Å²) in [6, 6.07) is 0. The molecule has 0 saturated carbocycles. The Labute approximate surface area is 105 Å². The maximum absolute atomic E-state index is 11.8. The Balaban J connectivity index is 1.88. The Morgan fingerprint density at radius 3 is 2.83 bits per heavy atom. The summed E-state index contributed by atoms with van der Waals surface area (Å²) >= 11 is 0. The molecule has 0 spiro atoms. The number of sulfonamides is 1. The van der Waals surface area contributed by atoms with E-state index < -0.39 is 25.1 Å². The van der Waals surface area contributed by atoms with Crippen LogP contribution < -0.4 is 4.72 Å². The van der Waals surface area contributed by atoms with Gasteiger partial charge in [-0.25, -0.2) is 26.5 Å². The first-order chi connectivity index (χ1) is 8.39. The van der Waals surface area contributed by atoms with E-state index in [4.69, 9.17) is 0 Å². The van der Waals surface area contributed by atoms with E-state index in [9.17, 15) is 16.8 Å². The van der Waals surface area contributed by atoms with Crippen LogP contribution in [-0.4, -0.2) is 55.3 Å². The zero-order valence-corrected chi connectivity index (χ0v) is 11.2. The standard InChI is InChI=1S/C8H14N4O4S2/c13-17(14)4-2-7(5-17)18(15,16)11-3-1-8-9-6-10-12-8/h6-7,11H,1-5H2,(H,9,10,12). The maximum atomic E-state index is 11.8. The Bertz CT molecular complexity index is 593. The Hall–Kier alpha value is -1.00. The van der Waals surface area contributed by atoms with Gasteiger partial charge in [-0.1, -0.05) is 0 Å². The molecule has 8 nitrogen and oxygen atoms in total. The predicted molar refractivity (Wildman–Crippen MR) is 64.1 cm³/mol. The summed E-state index contributed by atoms with van der Waals surface area (Å²) in [6.07, 6.45) is 1.89. The molecule has 0 aliphatic carbocycles. The molecule has 1 atom stereocenters. The van der Waals surface area contributed by atoms with E-state index >= 15 is 0 Å². The molecule has 0 radical (unpaired) electrons. The van der Waals surface area contributed by atoms with Gasteiger partial charge < -0.3 is 0 Å². The van der Waals surface area contributed by atoms with Crippen LogP contribution in [0.3, 0.4) is 0 Å². The molecule has 0 amide bonds. The topological polar surface area (TPSA) is 122 Å². The highest BCUT2D eigenvalue weighted by Crippen LogP contribution is 2.17. The van der Waals surface area contributed by atoms with Crippen LogP contribution in [-0.2, 0) is 26.3 Å². The summed E-state index contributed by atoms with van der Waals surface area (Å²) < 4.78 is 48.5. The highest BCUT2D eigenvalue weighted by Gasteiger charge is 2.36. The van der Waals surface area contributed by atoms with E-state index in [1.54, 1.807) is 0 Å². The van der Waals surface area contributed by atoms with Crippen LogP contribution in [0.15, 0.2) is 6.33 Å². The Morgan fingerprint density at radius 2 is 2.28 bits per heavy atom. The fourth-order valence-electron chi connectivity index (χ4n) is 1.79. The van der Waals surface area contributed by atoms with Crippen LogP contribution in [0, 0.1) is 0 Å². The van der Waals surface area contributed by atoms with E-state index in [2.05, 4.69) is 19.9 Å². The third-order valence-electron chi connectivity index (χ3n) is 2.76. The van der Waals surface area contributed by atoms with E-state index in [-0.39, 0.29) is 24.5 Å². The molecule has 0 aromatic carbocycles. The molecule has 1 saturated heterocycles. The highest BCUT2D eigenvalue weighted by molar-refractivity contribution is 7.95. The van der Waals surface area contributed by atoms with E-state index in [1.807, 2.05) is 0 Å². The predicted octanol–water partition coefficient (Wildman–Crippen LogP) is -1.55. The number of H-pyrrole nitrogens is 1. The lowest BCUT2D eigenvalue weighted by Crippen LogP contribution is -2.36. The van der Waals surface area contributed by atoms with Crippen LogP contribution in [0.25, 0.3) is 0 Å². The minimum atomic E-state index is -3.58. The first kappa shape index (κ1) is 13.4. The molecule has 1 aromatic heterocycles. The molecule has 1 aliphatic rings. The Morgan fingerprint density at radius 1 is 1.50 bits per heavy atom. The summed E-state index contributed by atoms with van der Waals surface area (Å²) in [4.78, 5) is 3.86. The third kappa shape index (κ3) is 3.27. The number of nitrogens with one attached hydrogen (secondary N) is 2. The number of aromatic nitrogens is 3. The van der Waals surface area contributed by atoms with Crippen molar-refractivity contribution < 1.29 is 16.8 Å². The zero-order valence-electron chi connectivity index (χ0n) is 9.53. The maximum Gasteiger partial charge on any atom is 0.215 e. The molecule has 102 valence electrons. The minimum Gasteiger partial charge on any atom is -0.263 e. The molecule has 1 unspecified atom stereocenters. The van der Waals surface area contributed by atoms with Gasteiger partial charge in [0.1, 0.15) is 12.2 Å². The van der Waals surface area contributed by atoms with Gasteiger partial charge in [0, 0.05) is 13.0 Å². The van der Waals surface area contributed by atoms with Crippen LogP contribution in [0.4, 0.5) is 0 Å². The summed E-state index contributed by atoms with van der Waals surface area (Å²) in [5, 5.41) is 5.42. The molecule has 18 heavy (non-hydrogen) atoms. The SMILES string of the molecule is O=S1(=O)CCC(S(=O)(=O)NCCc2ncn[nH]2)C1. The fourth-order valence-corrected chi connectivity index (χ4v) is 5.87. The summed E-state index contributed by atoms with van der Waals surface area (Å²) in [6.45, 7) is 0.175. The fraction of sp³-hybridized carbons (Fsp3) is 0.750.